The lowest BCUT2D eigenvalue weighted by Crippen LogP contribution is -2.30. The Morgan fingerprint density at radius 2 is 2.22 bits per heavy atom. The second kappa shape index (κ2) is 7.65. The first-order chi connectivity index (χ1) is 11.3. The summed E-state index contributed by atoms with van der Waals surface area (Å²) >= 11 is 2.93. The molecule has 0 bridgehead atoms. The van der Waals surface area contributed by atoms with E-state index in [1.807, 2.05) is 24.3 Å². The van der Waals surface area contributed by atoms with Gasteiger partial charge in [0.1, 0.15) is 5.75 Å². The molecule has 6 nitrogen and oxygen atoms in total. The van der Waals surface area contributed by atoms with Crippen LogP contribution in [0, 0.1) is 0 Å². The van der Waals surface area contributed by atoms with Crippen molar-refractivity contribution in [2.24, 2.45) is 0 Å². The van der Waals surface area contributed by atoms with Crippen molar-refractivity contribution in [2.75, 3.05) is 19.0 Å². The van der Waals surface area contributed by atoms with Gasteiger partial charge in [-0.15, -0.1) is 10.2 Å². The molecule has 0 spiro atoms. The van der Waals surface area contributed by atoms with E-state index in [0.717, 1.165) is 41.6 Å². The van der Waals surface area contributed by atoms with E-state index in [2.05, 4.69) is 20.8 Å². The molecule has 1 aliphatic heterocycles. The maximum absolute atomic E-state index is 12.0. The molecule has 2 aromatic rings. The molecule has 0 aliphatic carbocycles. The highest BCUT2D eigenvalue weighted by Crippen LogP contribution is 2.34. The van der Waals surface area contributed by atoms with Gasteiger partial charge in [0.2, 0.25) is 11.0 Å². The molecule has 2 N–H and O–H groups in total. The average Bonchev–Trinajstić information content (AvgIpc) is 2.90. The van der Waals surface area contributed by atoms with Crippen LogP contribution >= 0.6 is 23.1 Å². The molecular weight excluding hydrogens is 332 g/mol. The van der Waals surface area contributed by atoms with E-state index < -0.39 is 0 Å². The minimum Gasteiger partial charge on any atom is -0.495 e. The first-order valence-electron chi connectivity index (χ1n) is 7.44. The maximum Gasteiger partial charge on any atom is 0.233 e. The summed E-state index contributed by atoms with van der Waals surface area (Å²) in [6.45, 7) is 0.770. The Balaban J connectivity index is 1.67. The number of nitrogens with one attached hydrogen (secondary N) is 2. The molecule has 1 aliphatic rings. The van der Waals surface area contributed by atoms with Gasteiger partial charge in [0.05, 0.1) is 18.0 Å². The van der Waals surface area contributed by atoms with E-state index in [1.165, 1.54) is 23.1 Å². The van der Waals surface area contributed by atoms with Crippen LogP contribution in [0.2, 0.25) is 0 Å². The highest BCUT2D eigenvalue weighted by atomic mass is 32.2. The van der Waals surface area contributed by atoms with Gasteiger partial charge in [0, 0.05) is 6.54 Å². The largest absolute Gasteiger partial charge is 0.495 e. The number of para-hydroxylation sites is 2. The number of aromatic nitrogens is 2. The van der Waals surface area contributed by atoms with Crippen LogP contribution in [0.3, 0.4) is 0 Å². The summed E-state index contributed by atoms with van der Waals surface area (Å²) in [5.41, 5.74) is 0.843. The number of benzene rings is 1. The molecule has 23 heavy (non-hydrogen) atoms. The Bertz CT molecular complexity index is 677. The van der Waals surface area contributed by atoms with Gasteiger partial charge >= 0.3 is 0 Å². The van der Waals surface area contributed by atoms with Crippen molar-refractivity contribution in [3.63, 3.8) is 0 Å². The zero-order chi connectivity index (χ0) is 16.1. The Labute approximate surface area is 143 Å². The van der Waals surface area contributed by atoms with Crippen molar-refractivity contribution in [3.05, 3.63) is 24.3 Å². The lowest BCUT2D eigenvalue weighted by molar-refractivity contribution is -0.120. The number of thioether (sulfide) groups is 1. The van der Waals surface area contributed by atoms with Gasteiger partial charge in [-0.25, -0.2) is 0 Å². The van der Waals surface area contributed by atoms with Gasteiger partial charge in [-0.1, -0.05) is 41.7 Å². The van der Waals surface area contributed by atoms with Crippen LogP contribution in [-0.4, -0.2) is 35.0 Å². The monoisotopic (exact) mass is 350 g/mol. The van der Waals surface area contributed by atoms with Gasteiger partial charge in [-0.3, -0.25) is 4.79 Å². The van der Waals surface area contributed by atoms with Gasteiger partial charge in [-0.2, -0.15) is 0 Å². The average molecular weight is 350 g/mol. The SMILES string of the molecule is COc1ccccc1Nc1nnc(S[C@@H]2CCCCNC2=O)s1. The number of hydrogen-bond donors (Lipinski definition) is 2. The van der Waals surface area contributed by atoms with Gasteiger partial charge in [-0.05, 0) is 25.0 Å². The van der Waals surface area contributed by atoms with Gasteiger partial charge < -0.3 is 15.4 Å². The van der Waals surface area contributed by atoms with Gasteiger partial charge in [0.25, 0.3) is 0 Å². The van der Waals surface area contributed by atoms with E-state index in [1.54, 1.807) is 7.11 Å². The Kier molecular flexibility index (Phi) is 5.35. The minimum atomic E-state index is -0.0791. The summed E-state index contributed by atoms with van der Waals surface area (Å²) in [5.74, 6) is 0.849. The lowest BCUT2D eigenvalue weighted by atomic mass is 10.2. The molecular formula is C15H18N4O2S2. The molecule has 1 amide bonds. The smallest absolute Gasteiger partial charge is 0.233 e. The van der Waals surface area contributed by atoms with Crippen molar-refractivity contribution >= 4 is 39.8 Å². The van der Waals surface area contributed by atoms with Crippen LogP contribution in [0.25, 0.3) is 0 Å². The molecule has 1 saturated heterocycles. The number of methoxy groups -OCH3 is 1. The number of rotatable bonds is 5. The predicted octanol–water partition coefficient (Wildman–Crippen LogP) is 3.05. The van der Waals surface area contributed by atoms with Crippen LogP contribution in [0.5, 0.6) is 5.75 Å². The third kappa shape index (κ3) is 4.14. The van der Waals surface area contributed by atoms with Crippen molar-refractivity contribution in [3.8, 4) is 5.75 Å². The third-order valence-corrected chi connectivity index (χ3v) is 5.67. The zero-order valence-electron chi connectivity index (χ0n) is 12.7. The van der Waals surface area contributed by atoms with Crippen LogP contribution < -0.4 is 15.4 Å². The number of carbonyl (C=O) groups excluding carboxylic acids is 1. The van der Waals surface area contributed by atoms with Gasteiger partial charge in [0.15, 0.2) is 4.34 Å². The molecule has 8 heteroatoms. The number of amides is 1. The highest BCUT2D eigenvalue weighted by Gasteiger charge is 2.23. The fourth-order valence-electron chi connectivity index (χ4n) is 2.32. The summed E-state index contributed by atoms with van der Waals surface area (Å²) in [4.78, 5) is 12.0. The van der Waals surface area contributed by atoms with Crippen molar-refractivity contribution in [1.29, 1.82) is 0 Å². The fraction of sp³-hybridized carbons (Fsp3) is 0.400. The molecule has 1 aromatic carbocycles. The number of nitrogens with zero attached hydrogens (tertiary/aromatic N) is 2. The first-order valence-corrected chi connectivity index (χ1v) is 9.14. The van der Waals surface area contributed by atoms with E-state index in [4.69, 9.17) is 4.74 Å². The van der Waals surface area contributed by atoms with Crippen molar-refractivity contribution in [1.82, 2.24) is 15.5 Å². The molecule has 3 rings (SSSR count). The molecule has 0 unspecified atom stereocenters. The quantitative estimate of drug-likeness (QED) is 0.863. The Morgan fingerprint density at radius 3 is 3.09 bits per heavy atom. The summed E-state index contributed by atoms with van der Waals surface area (Å²) in [6.07, 6.45) is 2.98. The number of anilines is 2. The molecule has 1 aromatic heterocycles. The topological polar surface area (TPSA) is 76.1 Å². The van der Waals surface area contributed by atoms with E-state index in [9.17, 15) is 4.79 Å². The molecule has 1 atom stereocenters. The maximum atomic E-state index is 12.0. The normalized spacial score (nSPS) is 18.1. The highest BCUT2D eigenvalue weighted by molar-refractivity contribution is 8.02. The molecule has 1 fully saturated rings. The Morgan fingerprint density at radius 1 is 1.35 bits per heavy atom. The summed E-state index contributed by atoms with van der Waals surface area (Å²) in [5, 5.41) is 15.1. The van der Waals surface area contributed by atoms with E-state index >= 15 is 0 Å². The molecule has 0 saturated carbocycles. The predicted molar refractivity (Wildman–Crippen MR) is 92.7 cm³/mol. The Hall–Kier alpha value is -1.80. The second-order valence-corrected chi connectivity index (χ2v) is 7.52. The number of carbonyl (C=O) groups is 1. The number of ether oxygens (including phenoxy) is 1. The van der Waals surface area contributed by atoms with E-state index in [-0.39, 0.29) is 11.2 Å². The summed E-state index contributed by atoms with van der Waals surface area (Å²) in [6, 6.07) is 7.65. The summed E-state index contributed by atoms with van der Waals surface area (Å²) < 4.78 is 6.11. The zero-order valence-corrected chi connectivity index (χ0v) is 14.4. The first kappa shape index (κ1) is 16.1. The second-order valence-electron chi connectivity index (χ2n) is 5.09. The van der Waals surface area contributed by atoms with E-state index in [0.29, 0.717) is 5.13 Å². The molecule has 0 radical (unpaired) electrons. The van der Waals surface area contributed by atoms with Crippen LogP contribution in [0.4, 0.5) is 10.8 Å². The fourth-order valence-corrected chi connectivity index (χ4v) is 4.39. The van der Waals surface area contributed by atoms with Crippen LogP contribution in [-0.2, 0) is 4.79 Å². The molecule has 2 heterocycles. The summed E-state index contributed by atoms with van der Waals surface area (Å²) in [7, 11) is 1.63. The third-order valence-electron chi connectivity index (χ3n) is 3.48. The molecule has 122 valence electrons. The minimum absolute atomic E-state index is 0.0791. The standard InChI is InChI=1S/C15H18N4O2S2/c1-21-11-7-3-2-6-10(11)17-14-18-19-15(23-14)22-12-8-4-5-9-16-13(12)20/h2-3,6-7,12H,4-5,8-9H2,1H3,(H,16,20)(H,17,18)/t12-/m1/s1. The van der Waals surface area contributed by atoms with Crippen LogP contribution in [0.1, 0.15) is 19.3 Å². The lowest BCUT2D eigenvalue weighted by Gasteiger charge is -2.09. The van der Waals surface area contributed by atoms with Crippen LogP contribution in [0.15, 0.2) is 28.6 Å². The number of hydrogen-bond acceptors (Lipinski definition) is 7. The van der Waals surface area contributed by atoms with Crippen molar-refractivity contribution < 1.29 is 9.53 Å². The van der Waals surface area contributed by atoms with Crippen molar-refractivity contribution in [2.45, 2.75) is 28.9 Å².